The molecule has 24 heavy (non-hydrogen) atoms. The van der Waals surface area contributed by atoms with Gasteiger partial charge in [-0.3, -0.25) is 9.59 Å². The van der Waals surface area contributed by atoms with Crippen LogP contribution in [-0.4, -0.2) is 47.6 Å². The van der Waals surface area contributed by atoms with Crippen molar-refractivity contribution >= 4 is 11.8 Å². The Labute approximate surface area is 144 Å². The number of rotatable bonds is 3. The van der Waals surface area contributed by atoms with Crippen molar-refractivity contribution < 1.29 is 14.7 Å². The molecule has 0 aliphatic carbocycles. The van der Waals surface area contributed by atoms with E-state index in [-0.39, 0.29) is 29.7 Å². The first-order valence-corrected chi connectivity index (χ1v) is 8.50. The summed E-state index contributed by atoms with van der Waals surface area (Å²) in [6.07, 6.45) is 0.261. The zero-order chi connectivity index (χ0) is 17.9. The zero-order valence-corrected chi connectivity index (χ0v) is 15.0. The van der Waals surface area contributed by atoms with Gasteiger partial charge in [-0.2, -0.15) is 0 Å². The number of hydrogen-bond donors (Lipinski definition) is 2. The molecule has 132 valence electrons. The molecule has 1 saturated heterocycles. The molecule has 2 N–H and O–H groups in total. The highest BCUT2D eigenvalue weighted by molar-refractivity contribution is 5.97. The number of carbonyl (C=O) groups excluding carboxylic acids is 2. The van der Waals surface area contributed by atoms with E-state index in [9.17, 15) is 14.7 Å². The molecule has 0 bridgehead atoms. The molecule has 0 radical (unpaired) electrons. The SMILES string of the molecule is Cc1ccccc1C(=O)NCC(=O)N1CC[C@@H](C(C)(C)C)[C@H](O)C1. The molecule has 1 fully saturated rings. The predicted octanol–water partition coefficient (Wildman–Crippen LogP) is 1.98. The van der Waals surface area contributed by atoms with E-state index in [1.807, 2.05) is 19.1 Å². The van der Waals surface area contributed by atoms with E-state index >= 15 is 0 Å². The second-order valence-corrected chi connectivity index (χ2v) is 7.67. The number of amides is 2. The molecule has 1 heterocycles. The third kappa shape index (κ3) is 4.35. The van der Waals surface area contributed by atoms with Crippen LogP contribution < -0.4 is 5.32 Å². The smallest absolute Gasteiger partial charge is 0.251 e. The first-order chi connectivity index (χ1) is 11.2. The number of piperidine rings is 1. The van der Waals surface area contributed by atoms with Crippen LogP contribution in [0.5, 0.6) is 0 Å². The third-order valence-corrected chi connectivity index (χ3v) is 4.84. The summed E-state index contributed by atoms with van der Waals surface area (Å²) in [5.41, 5.74) is 1.48. The predicted molar refractivity (Wildman–Crippen MR) is 93.7 cm³/mol. The highest BCUT2D eigenvalue weighted by Crippen LogP contribution is 2.34. The van der Waals surface area contributed by atoms with Gasteiger partial charge in [-0.1, -0.05) is 39.0 Å². The lowest BCUT2D eigenvalue weighted by atomic mass is 9.73. The van der Waals surface area contributed by atoms with Crippen molar-refractivity contribution in [3.8, 4) is 0 Å². The Kier molecular flexibility index (Phi) is 5.65. The Bertz CT molecular complexity index is 607. The Balaban J connectivity index is 1.88. The van der Waals surface area contributed by atoms with Gasteiger partial charge in [-0.25, -0.2) is 0 Å². The van der Waals surface area contributed by atoms with E-state index < -0.39 is 6.10 Å². The molecule has 2 amide bonds. The van der Waals surface area contributed by atoms with Crippen molar-refractivity contribution in [3.05, 3.63) is 35.4 Å². The van der Waals surface area contributed by atoms with Crippen molar-refractivity contribution in [3.63, 3.8) is 0 Å². The molecule has 0 spiro atoms. The minimum absolute atomic E-state index is 0.0214. The Morgan fingerprint density at radius 2 is 1.96 bits per heavy atom. The molecule has 0 unspecified atom stereocenters. The summed E-state index contributed by atoms with van der Waals surface area (Å²) in [5, 5.41) is 13.0. The lowest BCUT2D eigenvalue weighted by molar-refractivity contribution is -0.136. The van der Waals surface area contributed by atoms with Gasteiger partial charge >= 0.3 is 0 Å². The summed E-state index contributed by atoms with van der Waals surface area (Å²) >= 11 is 0. The van der Waals surface area contributed by atoms with Gasteiger partial charge < -0.3 is 15.3 Å². The first kappa shape index (κ1) is 18.5. The highest BCUT2D eigenvalue weighted by Gasteiger charge is 2.36. The lowest BCUT2D eigenvalue weighted by Gasteiger charge is -2.42. The number of carbonyl (C=O) groups is 2. The van der Waals surface area contributed by atoms with Crippen LogP contribution in [0.1, 0.15) is 43.1 Å². The number of benzene rings is 1. The number of aliphatic hydroxyl groups excluding tert-OH is 1. The lowest BCUT2D eigenvalue weighted by Crippen LogP contribution is -2.52. The first-order valence-electron chi connectivity index (χ1n) is 8.50. The minimum atomic E-state index is -0.519. The van der Waals surface area contributed by atoms with Gasteiger partial charge in [-0.15, -0.1) is 0 Å². The van der Waals surface area contributed by atoms with Crippen molar-refractivity contribution in [2.24, 2.45) is 11.3 Å². The van der Waals surface area contributed by atoms with E-state index in [0.29, 0.717) is 18.7 Å². The number of β-amino-alcohol motifs (C(OH)–C–C–N with tert-alkyl or cyclic N) is 1. The number of aryl methyl sites for hydroxylation is 1. The van der Waals surface area contributed by atoms with Gasteiger partial charge in [0.05, 0.1) is 12.6 Å². The molecule has 5 nitrogen and oxygen atoms in total. The summed E-state index contributed by atoms with van der Waals surface area (Å²) in [5.74, 6) is -0.210. The van der Waals surface area contributed by atoms with Crippen molar-refractivity contribution in [1.82, 2.24) is 10.2 Å². The maximum atomic E-state index is 12.3. The number of nitrogens with one attached hydrogen (secondary N) is 1. The Morgan fingerprint density at radius 3 is 2.54 bits per heavy atom. The monoisotopic (exact) mass is 332 g/mol. The van der Waals surface area contributed by atoms with E-state index in [0.717, 1.165) is 12.0 Å². The molecule has 0 saturated carbocycles. The van der Waals surface area contributed by atoms with Gasteiger partial charge in [0.2, 0.25) is 5.91 Å². The van der Waals surface area contributed by atoms with Crippen molar-refractivity contribution in [2.45, 2.75) is 40.2 Å². The largest absolute Gasteiger partial charge is 0.391 e. The summed E-state index contributed by atoms with van der Waals surface area (Å²) < 4.78 is 0. The van der Waals surface area contributed by atoms with Gasteiger partial charge in [0.1, 0.15) is 0 Å². The van der Waals surface area contributed by atoms with Gasteiger partial charge in [0, 0.05) is 18.7 Å². The van der Waals surface area contributed by atoms with E-state index in [2.05, 4.69) is 26.1 Å². The standard InChI is InChI=1S/C19H28N2O3/c1-13-7-5-6-8-14(13)18(24)20-11-17(23)21-10-9-15(16(22)12-21)19(2,3)4/h5-8,15-16,22H,9-12H2,1-4H3,(H,20,24)/t15-,16-/m1/s1. The van der Waals surface area contributed by atoms with Crippen molar-refractivity contribution in [1.29, 1.82) is 0 Å². The van der Waals surface area contributed by atoms with Crippen molar-refractivity contribution in [2.75, 3.05) is 19.6 Å². The third-order valence-electron chi connectivity index (χ3n) is 4.84. The fourth-order valence-electron chi connectivity index (χ4n) is 3.36. The molecule has 1 aromatic rings. The second-order valence-electron chi connectivity index (χ2n) is 7.67. The summed E-state index contributed by atoms with van der Waals surface area (Å²) in [6, 6.07) is 7.29. The Hall–Kier alpha value is -1.88. The van der Waals surface area contributed by atoms with E-state index in [1.54, 1.807) is 17.0 Å². The number of nitrogens with zero attached hydrogens (tertiary/aromatic N) is 1. The molecular weight excluding hydrogens is 304 g/mol. The number of hydrogen-bond acceptors (Lipinski definition) is 3. The van der Waals surface area contributed by atoms with E-state index in [1.165, 1.54) is 0 Å². The number of likely N-dealkylation sites (tertiary alicyclic amines) is 1. The number of aliphatic hydroxyl groups is 1. The molecule has 2 rings (SSSR count). The summed E-state index contributed by atoms with van der Waals surface area (Å²) in [4.78, 5) is 26.1. The minimum Gasteiger partial charge on any atom is -0.391 e. The maximum absolute atomic E-state index is 12.3. The molecule has 1 aromatic carbocycles. The van der Waals surface area contributed by atoms with Crippen LogP contribution in [0.25, 0.3) is 0 Å². The van der Waals surface area contributed by atoms with Crippen LogP contribution in [0.3, 0.4) is 0 Å². The molecule has 2 atom stereocenters. The van der Waals surface area contributed by atoms with E-state index in [4.69, 9.17) is 0 Å². The second kappa shape index (κ2) is 7.34. The summed E-state index contributed by atoms with van der Waals surface area (Å²) in [6.45, 7) is 9.12. The molecular formula is C19H28N2O3. The van der Waals surface area contributed by atoms with Crippen LogP contribution >= 0.6 is 0 Å². The molecule has 1 aliphatic rings. The fourth-order valence-corrected chi connectivity index (χ4v) is 3.36. The topological polar surface area (TPSA) is 69.6 Å². The zero-order valence-electron chi connectivity index (χ0n) is 15.0. The summed E-state index contributed by atoms with van der Waals surface area (Å²) in [7, 11) is 0. The normalized spacial score (nSPS) is 21.5. The quantitative estimate of drug-likeness (QED) is 0.889. The average Bonchev–Trinajstić information content (AvgIpc) is 2.51. The van der Waals surface area contributed by atoms with Gasteiger partial charge in [0.25, 0.3) is 5.91 Å². The fraction of sp³-hybridized carbons (Fsp3) is 0.579. The van der Waals surface area contributed by atoms with Gasteiger partial charge in [-0.05, 0) is 36.3 Å². The van der Waals surface area contributed by atoms with Crippen LogP contribution in [0, 0.1) is 18.3 Å². The van der Waals surface area contributed by atoms with Crippen LogP contribution in [0.4, 0.5) is 0 Å². The molecule has 1 aliphatic heterocycles. The van der Waals surface area contributed by atoms with Crippen LogP contribution in [0.15, 0.2) is 24.3 Å². The molecule has 0 aromatic heterocycles. The van der Waals surface area contributed by atoms with Crippen LogP contribution in [0.2, 0.25) is 0 Å². The highest BCUT2D eigenvalue weighted by atomic mass is 16.3. The Morgan fingerprint density at radius 1 is 1.29 bits per heavy atom. The van der Waals surface area contributed by atoms with Gasteiger partial charge in [0.15, 0.2) is 0 Å². The van der Waals surface area contributed by atoms with Crippen LogP contribution in [-0.2, 0) is 4.79 Å². The average molecular weight is 332 g/mol. The maximum Gasteiger partial charge on any atom is 0.251 e. The molecule has 5 heteroatoms.